The minimum Gasteiger partial charge on any atom is -0.213 e. The second kappa shape index (κ2) is 8.51. The molecule has 7 heteroatoms. The Morgan fingerprint density at radius 3 is 2.19 bits per heavy atom. The van der Waals surface area contributed by atoms with Crippen molar-refractivity contribution in [1.29, 1.82) is 0 Å². The molecule has 2 rings (SSSR count). The van der Waals surface area contributed by atoms with Crippen LogP contribution in [0.3, 0.4) is 0 Å². The van der Waals surface area contributed by atoms with Crippen LogP contribution in [0.15, 0.2) is 60.7 Å². The van der Waals surface area contributed by atoms with Gasteiger partial charge in [-0.1, -0.05) is 54.6 Å². The van der Waals surface area contributed by atoms with E-state index >= 15 is 0 Å². The van der Waals surface area contributed by atoms with Crippen molar-refractivity contribution in [2.45, 2.75) is 25.1 Å². The monoisotopic (exact) mass is 383 g/mol. The maximum absolute atomic E-state index is 12.7. The van der Waals surface area contributed by atoms with Crippen LogP contribution in [0.25, 0.3) is 6.08 Å². The summed E-state index contributed by atoms with van der Waals surface area (Å²) in [6, 6.07) is 13.6. The highest BCUT2D eigenvalue weighted by atomic mass is 32.2. The molecule has 1 atom stereocenters. The number of alkyl halides is 3. The summed E-state index contributed by atoms with van der Waals surface area (Å²) >= 11 is 0. The molecule has 0 radical (unpaired) electrons. The minimum atomic E-state index is -4.42. The standard InChI is InChI=1S/C19H20F3NO2S/c1-26(24,25)23-18(10-6-5-9-15-7-3-2-4-8-15)16-11-13-17(14-12-16)19(20,21)22/h2-5,7-9,11-14,18,23H,6,10H2,1H3/b9-5+. The number of allylic oxidation sites excluding steroid dienone is 1. The smallest absolute Gasteiger partial charge is 0.213 e. The average molecular weight is 383 g/mol. The van der Waals surface area contributed by atoms with Gasteiger partial charge in [-0.05, 0) is 36.1 Å². The van der Waals surface area contributed by atoms with E-state index in [0.717, 1.165) is 24.0 Å². The summed E-state index contributed by atoms with van der Waals surface area (Å²) < 4.78 is 63.7. The van der Waals surface area contributed by atoms with Crippen LogP contribution >= 0.6 is 0 Å². The third kappa shape index (κ3) is 6.65. The van der Waals surface area contributed by atoms with E-state index in [9.17, 15) is 21.6 Å². The first-order valence-corrected chi connectivity index (χ1v) is 9.90. The van der Waals surface area contributed by atoms with E-state index in [1.807, 2.05) is 42.5 Å². The fraction of sp³-hybridized carbons (Fsp3) is 0.263. The van der Waals surface area contributed by atoms with Crippen molar-refractivity contribution in [3.05, 3.63) is 77.4 Å². The third-order valence-electron chi connectivity index (χ3n) is 3.73. The Morgan fingerprint density at radius 2 is 1.65 bits per heavy atom. The molecule has 0 heterocycles. The van der Waals surface area contributed by atoms with Gasteiger partial charge in [-0.15, -0.1) is 0 Å². The molecule has 3 nitrogen and oxygen atoms in total. The SMILES string of the molecule is CS(=O)(=O)NC(CC/C=C/c1ccccc1)c1ccc(C(F)(F)F)cc1. The lowest BCUT2D eigenvalue weighted by atomic mass is 10.0. The largest absolute Gasteiger partial charge is 0.416 e. The lowest BCUT2D eigenvalue weighted by molar-refractivity contribution is -0.137. The molecule has 0 bridgehead atoms. The predicted molar refractivity (Wildman–Crippen MR) is 96.9 cm³/mol. The van der Waals surface area contributed by atoms with Crippen LogP contribution in [-0.4, -0.2) is 14.7 Å². The number of hydrogen-bond acceptors (Lipinski definition) is 2. The molecule has 0 aliphatic heterocycles. The van der Waals surface area contributed by atoms with Gasteiger partial charge in [0.15, 0.2) is 0 Å². The molecule has 2 aromatic rings. The van der Waals surface area contributed by atoms with Crippen LogP contribution in [-0.2, 0) is 16.2 Å². The molecular formula is C19H20F3NO2S. The Hall–Kier alpha value is -2.12. The number of hydrogen-bond donors (Lipinski definition) is 1. The van der Waals surface area contributed by atoms with Gasteiger partial charge in [0.25, 0.3) is 0 Å². The number of halogens is 3. The Kier molecular flexibility index (Phi) is 6.61. The molecular weight excluding hydrogens is 363 g/mol. The van der Waals surface area contributed by atoms with Gasteiger partial charge in [0, 0.05) is 6.04 Å². The third-order valence-corrected chi connectivity index (χ3v) is 4.44. The van der Waals surface area contributed by atoms with Crippen molar-refractivity contribution in [2.75, 3.05) is 6.26 Å². The van der Waals surface area contributed by atoms with Gasteiger partial charge in [0.1, 0.15) is 0 Å². The molecule has 0 aromatic heterocycles. The van der Waals surface area contributed by atoms with Crippen LogP contribution in [0, 0.1) is 0 Å². The molecule has 0 saturated heterocycles. The Labute approximate surface area is 151 Å². The lowest BCUT2D eigenvalue weighted by Gasteiger charge is -2.18. The van der Waals surface area contributed by atoms with Gasteiger partial charge < -0.3 is 0 Å². The van der Waals surface area contributed by atoms with Crippen molar-refractivity contribution in [3.8, 4) is 0 Å². The van der Waals surface area contributed by atoms with E-state index in [-0.39, 0.29) is 0 Å². The number of sulfonamides is 1. The van der Waals surface area contributed by atoms with Crippen molar-refractivity contribution in [3.63, 3.8) is 0 Å². The summed E-state index contributed by atoms with van der Waals surface area (Å²) in [4.78, 5) is 0. The van der Waals surface area contributed by atoms with Crippen molar-refractivity contribution >= 4 is 16.1 Å². The van der Waals surface area contributed by atoms with Gasteiger partial charge in [0.2, 0.25) is 10.0 Å². The average Bonchev–Trinajstić information content (AvgIpc) is 2.57. The predicted octanol–water partition coefficient (Wildman–Crippen LogP) is 4.79. The summed E-state index contributed by atoms with van der Waals surface area (Å²) in [5.41, 5.74) is 0.759. The van der Waals surface area contributed by atoms with Crippen LogP contribution < -0.4 is 4.72 Å². The molecule has 1 unspecified atom stereocenters. The van der Waals surface area contributed by atoms with E-state index in [4.69, 9.17) is 0 Å². The minimum absolute atomic E-state index is 0.432. The highest BCUT2D eigenvalue weighted by Gasteiger charge is 2.30. The van der Waals surface area contributed by atoms with Gasteiger partial charge in [-0.25, -0.2) is 13.1 Å². The van der Waals surface area contributed by atoms with Crippen LogP contribution in [0.2, 0.25) is 0 Å². The summed E-state index contributed by atoms with van der Waals surface area (Å²) in [5.74, 6) is 0. The van der Waals surface area contributed by atoms with Crippen LogP contribution in [0.5, 0.6) is 0 Å². The molecule has 0 amide bonds. The zero-order chi connectivity index (χ0) is 19.2. The maximum atomic E-state index is 12.7. The normalized spacial score (nSPS) is 13.8. The van der Waals surface area contributed by atoms with Crippen molar-refractivity contribution in [1.82, 2.24) is 4.72 Å². The highest BCUT2D eigenvalue weighted by molar-refractivity contribution is 7.88. The zero-order valence-electron chi connectivity index (χ0n) is 14.2. The molecule has 2 aromatic carbocycles. The second-order valence-corrected chi connectivity index (χ2v) is 7.73. The summed E-state index contributed by atoms with van der Waals surface area (Å²) in [6.45, 7) is 0. The van der Waals surface area contributed by atoms with Gasteiger partial charge in [0.05, 0.1) is 11.8 Å². The van der Waals surface area contributed by atoms with E-state index in [1.54, 1.807) is 0 Å². The Bertz CT molecular complexity index is 829. The van der Waals surface area contributed by atoms with E-state index in [0.29, 0.717) is 18.4 Å². The Morgan fingerprint density at radius 1 is 1.04 bits per heavy atom. The van der Waals surface area contributed by atoms with E-state index < -0.39 is 27.8 Å². The molecule has 140 valence electrons. The molecule has 0 saturated carbocycles. The first-order chi connectivity index (χ1) is 12.1. The second-order valence-electron chi connectivity index (χ2n) is 5.95. The lowest BCUT2D eigenvalue weighted by Crippen LogP contribution is -2.27. The van der Waals surface area contributed by atoms with Crippen molar-refractivity contribution in [2.24, 2.45) is 0 Å². The van der Waals surface area contributed by atoms with Gasteiger partial charge in [-0.2, -0.15) is 13.2 Å². The van der Waals surface area contributed by atoms with E-state index in [2.05, 4.69) is 4.72 Å². The van der Waals surface area contributed by atoms with Crippen LogP contribution in [0.1, 0.15) is 35.6 Å². The number of benzene rings is 2. The quantitative estimate of drug-likeness (QED) is 0.747. The topological polar surface area (TPSA) is 46.2 Å². The highest BCUT2D eigenvalue weighted by Crippen LogP contribution is 2.30. The van der Waals surface area contributed by atoms with Crippen LogP contribution in [0.4, 0.5) is 13.2 Å². The summed E-state index contributed by atoms with van der Waals surface area (Å²) in [6.07, 6.45) is 1.45. The summed E-state index contributed by atoms with van der Waals surface area (Å²) in [5, 5.41) is 0. The zero-order valence-corrected chi connectivity index (χ0v) is 15.0. The Balaban J connectivity index is 2.09. The molecule has 0 aliphatic carbocycles. The molecule has 0 spiro atoms. The molecule has 26 heavy (non-hydrogen) atoms. The molecule has 1 N–H and O–H groups in total. The first-order valence-electron chi connectivity index (χ1n) is 8.01. The summed E-state index contributed by atoms with van der Waals surface area (Å²) in [7, 11) is -3.50. The van der Waals surface area contributed by atoms with Gasteiger partial charge in [-0.3, -0.25) is 0 Å². The number of nitrogens with one attached hydrogen (secondary N) is 1. The van der Waals surface area contributed by atoms with Crippen molar-refractivity contribution < 1.29 is 21.6 Å². The maximum Gasteiger partial charge on any atom is 0.416 e. The molecule has 0 fully saturated rings. The fourth-order valence-electron chi connectivity index (χ4n) is 2.50. The number of rotatable bonds is 7. The fourth-order valence-corrected chi connectivity index (χ4v) is 3.27. The first kappa shape index (κ1) is 20.2. The van der Waals surface area contributed by atoms with Gasteiger partial charge >= 0.3 is 6.18 Å². The van der Waals surface area contributed by atoms with E-state index in [1.165, 1.54) is 12.1 Å². The molecule has 0 aliphatic rings.